The number of hydrogen-bond acceptors (Lipinski definition) is 6. The van der Waals surface area contributed by atoms with Gasteiger partial charge in [0.25, 0.3) is 5.56 Å². The highest BCUT2D eigenvalue weighted by atomic mass is 31.2. The van der Waals surface area contributed by atoms with Crippen molar-refractivity contribution in [1.82, 2.24) is 14.1 Å². The van der Waals surface area contributed by atoms with E-state index in [0.717, 1.165) is 11.3 Å². The number of rotatable bonds is 7. The molecule has 4 aromatic rings. The van der Waals surface area contributed by atoms with E-state index in [1.807, 2.05) is 12.1 Å². The quantitative estimate of drug-likeness (QED) is 0.351. The normalized spacial score (nSPS) is 14.4. The van der Waals surface area contributed by atoms with Crippen molar-refractivity contribution in [2.45, 2.75) is 20.2 Å². The fraction of sp³-hybridized carbons (Fsp3) is 0.280. The minimum atomic E-state index is -4.71. The molecule has 194 valence electrons. The molecule has 10 nitrogen and oxygen atoms in total. The zero-order valence-corrected chi connectivity index (χ0v) is 21.0. The summed E-state index contributed by atoms with van der Waals surface area (Å²) in [5.41, 5.74) is 3.78. The highest BCUT2D eigenvalue weighted by Gasteiger charge is 2.20. The molecule has 0 saturated carbocycles. The lowest BCUT2D eigenvalue weighted by Gasteiger charge is -2.28. The molecular formula is C25H26FN4O6P. The van der Waals surface area contributed by atoms with E-state index in [1.165, 1.54) is 27.3 Å². The van der Waals surface area contributed by atoms with Gasteiger partial charge in [0.05, 0.1) is 31.6 Å². The van der Waals surface area contributed by atoms with Gasteiger partial charge in [0.15, 0.2) is 0 Å². The highest BCUT2D eigenvalue weighted by molar-refractivity contribution is 7.46. The van der Waals surface area contributed by atoms with E-state index in [1.54, 1.807) is 31.6 Å². The van der Waals surface area contributed by atoms with Gasteiger partial charge in [0, 0.05) is 42.5 Å². The molecule has 2 N–H and O–H groups in total. The predicted octanol–water partition coefficient (Wildman–Crippen LogP) is 3.26. The maximum absolute atomic E-state index is 13.8. The zero-order valence-electron chi connectivity index (χ0n) is 20.1. The Kier molecular flexibility index (Phi) is 6.98. The van der Waals surface area contributed by atoms with Gasteiger partial charge in [-0.1, -0.05) is 6.07 Å². The van der Waals surface area contributed by atoms with Crippen LogP contribution in [-0.2, 0) is 27.1 Å². The standard InChI is InChI=1S/C25H26FN4O6P/c1-17-8-18(10-20(26)9-17)14-29-3-2-19(11-24(29)31)23-15-30(16-36-37(32,33)34)25-22(23)12-21(13-27-25)28-4-6-35-7-5-28/h2-3,8-13,15H,4-7,14,16H2,1H3,(H2,32,33,34). The van der Waals surface area contributed by atoms with E-state index in [4.69, 9.17) is 9.26 Å². The average molecular weight is 528 g/mol. The van der Waals surface area contributed by atoms with Crippen molar-refractivity contribution >= 4 is 24.5 Å². The first-order valence-electron chi connectivity index (χ1n) is 11.6. The van der Waals surface area contributed by atoms with Gasteiger partial charge in [0.1, 0.15) is 18.2 Å². The van der Waals surface area contributed by atoms with Gasteiger partial charge in [-0.05, 0) is 47.9 Å². The third kappa shape index (κ3) is 5.82. The van der Waals surface area contributed by atoms with Crippen LogP contribution in [-0.4, -0.2) is 50.2 Å². The van der Waals surface area contributed by atoms with Crippen LogP contribution in [0.25, 0.3) is 22.2 Å². The molecule has 0 atom stereocenters. The molecule has 37 heavy (non-hydrogen) atoms. The number of benzene rings is 1. The Morgan fingerprint density at radius 1 is 1.14 bits per heavy atom. The molecule has 12 heteroatoms. The molecule has 0 unspecified atom stereocenters. The van der Waals surface area contributed by atoms with Gasteiger partial charge >= 0.3 is 7.82 Å². The largest absolute Gasteiger partial charge is 0.471 e. The number of anilines is 1. The molecule has 0 bridgehead atoms. The minimum absolute atomic E-state index is 0.221. The van der Waals surface area contributed by atoms with Crippen molar-refractivity contribution in [3.05, 3.63) is 82.3 Å². The van der Waals surface area contributed by atoms with E-state index >= 15 is 0 Å². The van der Waals surface area contributed by atoms with Crippen LogP contribution in [0.15, 0.2) is 59.8 Å². The monoisotopic (exact) mass is 528 g/mol. The lowest BCUT2D eigenvalue weighted by Crippen LogP contribution is -2.36. The fourth-order valence-electron chi connectivity index (χ4n) is 4.53. The van der Waals surface area contributed by atoms with Gasteiger partial charge < -0.3 is 28.6 Å². The number of pyridine rings is 2. The molecule has 1 aromatic carbocycles. The van der Waals surface area contributed by atoms with E-state index in [-0.39, 0.29) is 17.9 Å². The summed E-state index contributed by atoms with van der Waals surface area (Å²) in [7, 11) is -4.71. The lowest BCUT2D eigenvalue weighted by molar-refractivity contribution is 0.122. The number of morpholine rings is 1. The first-order chi connectivity index (χ1) is 17.7. The second kappa shape index (κ2) is 10.2. The third-order valence-corrected chi connectivity index (χ3v) is 6.65. The molecule has 0 radical (unpaired) electrons. The number of aromatic nitrogens is 3. The van der Waals surface area contributed by atoms with Crippen LogP contribution < -0.4 is 10.5 Å². The molecule has 0 spiro atoms. The zero-order chi connectivity index (χ0) is 26.2. The SMILES string of the molecule is Cc1cc(F)cc(Cn2ccc(-c3cn(COP(=O)(O)O)c4ncc(N5CCOCC5)cc34)cc2=O)c1. The maximum Gasteiger partial charge on any atom is 0.471 e. The maximum atomic E-state index is 13.8. The number of phosphoric acid groups is 1. The first kappa shape index (κ1) is 25.3. The number of ether oxygens (including phenoxy) is 1. The van der Waals surface area contributed by atoms with Crippen LogP contribution in [0, 0.1) is 12.7 Å². The second-order valence-corrected chi connectivity index (χ2v) is 10.2. The van der Waals surface area contributed by atoms with Crippen molar-refractivity contribution in [3.8, 4) is 11.1 Å². The molecule has 0 aliphatic carbocycles. The Balaban J connectivity index is 1.54. The van der Waals surface area contributed by atoms with Crippen LogP contribution in [0.3, 0.4) is 0 Å². The molecule has 1 aliphatic rings. The van der Waals surface area contributed by atoms with Gasteiger partial charge in [-0.2, -0.15) is 0 Å². The third-order valence-electron chi connectivity index (χ3n) is 6.20. The topological polar surface area (TPSA) is 119 Å². The van der Waals surface area contributed by atoms with E-state index < -0.39 is 14.6 Å². The van der Waals surface area contributed by atoms with Crippen LogP contribution >= 0.6 is 7.82 Å². The van der Waals surface area contributed by atoms with E-state index in [0.29, 0.717) is 54.0 Å². The molecule has 1 aliphatic heterocycles. The number of nitrogens with zero attached hydrogens (tertiary/aromatic N) is 4. The van der Waals surface area contributed by atoms with Gasteiger partial charge in [-0.3, -0.25) is 9.32 Å². The van der Waals surface area contributed by atoms with Crippen molar-refractivity contribution in [2.75, 3.05) is 31.2 Å². The molecule has 1 saturated heterocycles. The molecule has 0 amide bonds. The Morgan fingerprint density at radius 2 is 1.92 bits per heavy atom. The Labute approximate surface area is 211 Å². The van der Waals surface area contributed by atoms with Crippen LogP contribution in [0.1, 0.15) is 11.1 Å². The Morgan fingerprint density at radius 3 is 2.62 bits per heavy atom. The van der Waals surface area contributed by atoms with E-state index in [9.17, 15) is 23.5 Å². The van der Waals surface area contributed by atoms with Crippen molar-refractivity contribution in [2.24, 2.45) is 0 Å². The molecule has 5 rings (SSSR count). The molecular weight excluding hydrogens is 502 g/mol. The smallest absolute Gasteiger partial charge is 0.378 e. The average Bonchev–Trinajstić information content (AvgIpc) is 3.21. The van der Waals surface area contributed by atoms with Crippen LogP contribution in [0.2, 0.25) is 0 Å². The summed E-state index contributed by atoms with van der Waals surface area (Å²) >= 11 is 0. The summed E-state index contributed by atoms with van der Waals surface area (Å²) in [5, 5.41) is 0.705. The van der Waals surface area contributed by atoms with Crippen LogP contribution in [0.4, 0.5) is 10.1 Å². The number of aryl methyl sites for hydroxylation is 1. The summed E-state index contributed by atoms with van der Waals surface area (Å²) < 4.78 is 38.2. The van der Waals surface area contributed by atoms with Gasteiger partial charge in [0.2, 0.25) is 0 Å². The molecule has 4 heterocycles. The second-order valence-electron chi connectivity index (χ2n) is 8.94. The predicted molar refractivity (Wildman–Crippen MR) is 136 cm³/mol. The highest BCUT2D eigenvalue weighted by Crippen LogP contribution is 2.38. The number of halogens is 1. The van der Waals surface area contributed by atoms with Crippen molar-refractivity contribution < 1.29 is 28.0 Å². The summed E-state index contributed by atoms with van der Waals surface area (Å²) in [6, 6.07) is 9.87. The Bertz CT molecular complexity index is 1540. The van der Waals surface area contributed by atoms with Crippen LogP contribution in [0.5, 0.6) is 0 Å². The van der Waals surface area contributed by atoms with Gasteiger partial charge in [-0.25, -0.2) is 13.9 Å². The van der Waals surface area contributed by atoms with E-state index in [2.05, 4.69) is 9.88 Å². The van der Waals surface area contributed by atoms with Crippen molar-refractivity contribution in [3.63, 3.8) is 0 Å². The van der Waals surface area contributed by atoms with Crippen molar-refractivity contribution in [1.29, 1.82) is 0 Å². The fourth-order valence-corrected chi connectivity index (χ4v) is 4.80. The number of phosphoric ester groups is 1. The molecule has 1 fully saturated rings. The summed E-state index contributed by atoms with van der Waals surface area (Å²) in [6.07, 6.45) is 5.00. The summed E-state index contributed by atoms with van der Waals surface area (Å²) in [5.74, 6) is -0.353. The van der Waals surface area contributed by atoms with Gasteiger partial charge in [-0.15, -0.1) is 0 Å². The Hall–Kier alpha value is -3.34. The summed E-state index contributed by atoms with van der Waals surface area (Å²) in [6.45, 7) is 4.22. The first-order valence-corrected chi connectivity index (χ1v) is 13.2. The molecule has 3 aromatic heterocycles. The minimum Gasteiger partial charge on any atom is -0.378 e. The summed E-state index contributed by atoms with van der Waals surface area (Å²) in [4.78, 5) is 38.0. The lowest BCUT2D eigenvalue weighted by atomic mass is 10.1. The number of fused-ring (bicyclic) bond motifs is 1. The number of hydrogen-bond donors (Lipinski definition) is 2.